The molecule has 0 spiro atoms. The van der Waals surface area contributed by atoms with Crippen LogP contribution >= 0.6 is 0 Å². The number of hydrogen-bond acceptors (Lipinski definition) is 4. The summed E-state index contributed by atoms with van der Waals surface area (Å²) in [6, 6.07) is 10.5. The predicted octanol–water partition coefficient (Wildman–Crippen LogP) is 3.16. The monoisotopic (exact) mass is 303 g/mol. The van der Waals surface area contributed by atoms with Gasteiger partial charge >= 0.3 is 5.97 Å². The maximum Gasteiger partial charge on any atom is 0.335 e. The SMILES string of the molecule is CCOCCCNCc1ccc(-c2cccc(C(=O)O)c2)o1. The summed E-state index contributed by atoms with van der Waals surface area (Å²) in [6.45, 7) is 5.00. The van der Waals surface area contributed by atoms with Crippen molar-refractivity contribution in [3.8, 4) is 11.3 Å². The van der Waals surface area contributed by atoms with E-state index in [2.05, 4.69) is 5.32 Å². The van der Waals surface area contributed by atoms with Gasteiger partial charge in [0, 0.05) is 18.8 Å². The largest absolute Gasteiger partial charge is 0.478 e. The van der Waals surface area contributed by atoms with E-state index >= 15 is 0 Å². The predicted molar refractivity (Wildman–Crippen MR) is 83.9 cm³/mol. The van der Waals surface area contributed by atoms with Crippen LogP contribution in [0.3, 0.4) is 0 Å². The molecule has 0 saturated carbocycles. The Balaban J connectivity index is 1.88. The first kappa shape index (κ1) is 16.3. The quantitative estimate of drug-likeness (QED) is 0.696. The van der Waals surface area contributed by atoms with Crippen LogP contribution in [0.5, 0.6) is 0 Å². The molecule has 2 rings (SSSR count). The first-order chi connectivity index (χ1) is 10.7. The zero-order valence-electron chi connectivity index (χ0n) is 12.7. The van der Waals surface area contributed by atoms with Crippen LogP contribution in [0.4, 0.5) is 0 Å². The molecule has 0 aliphatic rings. The summed E-state index contributed by atoms with van der Waals surface area (Å²) in [5.74, 6) is 0.561. The van der Waals surface area contributed by atoms with Crippen molar-refractivity contribution in [2.24, 2.45) is 0 Å². The van der Waals surface area contributed by atoms with E-state index in [9.17, 15) is 4.79 Å². The number of carboxylic acids is 1. The second-order valence-electron chi connectivity index (χ2n) is 4.88. The molecule has 0 amide bonds. The molecule has 0 radical (unpaired) electrons. The molecule has 0 bridgehead atoms. The fourth-order valence-corrected chi connectivity index (χ4v) is 2.09. The smallest absolute Gasteiger partial charge is 0.335 e. The van der Waals surface area contributed by atoms with Gasteiger partial charge in [0.15, 0.2) is 0 Å². The third-order valence-corrected chi connectivity index (χ3v) is 3.20. The molecule has 2 N–H and O–H groups in total. The van der Waals surface area contributed by atoms with Crippen LogP contribution in [0.2, 0.25) is 0 Å². The number of hydrogen-bond donors (Lipinski definition) is 2. The van der Waals surface area contributed by atoms with Crippen molar-refractivity contribution in [3.05, 3.63) is 47.7 Å². The topological polar surface area (TPSA) is 71.7 Å². The molecule has 1 heterocycles. The van der Waals surface area contributed by atoms with Gasteiger partial charge in [0.2, 0.25) is 0 Å². The number of ether oxygens (including phenoxy) is 1. The lowest BCUT2D eigenvalue weighted by atomic mass is 10.1. The van der Waals surface area contributed by atoms with Crippen LogP contribution in [-0.2, 0) is 11.3 Å². The molecule has 1 aromatic heterocycles. The summed E-state index contributed by atoms with van der Waals surface area (Å²) >= 11 is 0. The van der Waals surface area contributed by atoms with E-state index < -0.39 is 5.97 Å². The van der Waals surface area contributed by atoms with Crippen molar-refractivity contribution in [2.45, 2.75) is 19.9 Å². The Morgan fingerprint density at radius 3 is 2.95 bits per heavy atom. The van der Waals surface area contributed by atoms with Crippen LogP contribution in [-0.4, -0.2) is 30.8 Å². The van der Waals surface area contributed by atoms with Gasteiger partial charge in [0.05, 0.1) is 12.1 Å². The van der Waals surface area contributed by atoms with Gasteiger partial charge in [-0.3, -0.25) is 0 Å². The number of aromatic carboxylic acids is 1. The molecule has 2 aromatic rings. The van der Waals surface area contributed by atoms with Crippen molar-refractivity contribution in [1.29, 1.82) is 0 Å². The van der Waals surface area contributed by atoms with Gasteiger partial charge in [-0.1, -0.05) is 12.1 Å². The fraction of sp³-hybridized carbons (Fsp3) is 0.353. The second kappa shape index (κ2) is 8.36. The number of carboxylic acid groups (broad SMARTS) is 1. The van der Waals surface area contributed by atoms with E-state index in [0.29, 0.717) is 12.3 Å². The van der Waals surface area contributed by atoms with Gasteiger partial charge in [0.25, 0.3) is 0 Å². The zero-order chi connectivity index (χ0) is 15.8. The lowest BCUT2D eigenvalue weighted by molar-refractivity contribution is 0.0697. The van der Waals surface area contributed by atoms with Crippen LogP contribution in [0.15, 0.2) is 40.8 Å². The minimum Gasteiger partial charge on any atom is -0.478 e. The molecule has 5 heteroatoms. The van der Waals surface area contributed by atoms with Crippen molar-refractivity contribution in [1.82, 2.24) is 5.32 Å². The standard InChI is InChI=1S/C17H21NO4/c1-2-21-10-4-9-18-12-15-7-8-16(22-15)13-5-3-6-14(11-13)17(19)20/h3,5-8,11,18H,2,4,9-10,12H2,1H3,(H,19,20). The van der Waals surface area contributed by atoms with Gasteiger partial charge in [0.1, 0.15) is 11.5 Å². The van der Waals surface area contributed by atoms with Gasteiger partial charge in [-0.2, -0.15) is 0 Å². The van der Waals surface area contributed by atoms with E-state index in [4.69, 9.17) is 14.3 Å². The zero-order valence-corrected chi connectivity index (χ0v) is 12.7. The lowest BCUT2D eigenvalue weighted by Crippen LogP contribution is -2.15. The molecule has 0 atom stereocenters. The molecule has 1 aromatic carbocycles. The molecule has 5 nitrogen and oxygen atoms in total. The fourth-order valence-electron chi connectivity index (χ4n) is 2.09. The minimum atomic E-state index is -0.940. The van der Waals surface area contributed by atoms with Crippen molar-refractivity contribution in [3.63, 3.8) is 0 Å². The Morgan fingerprint density at radius 2 is 2.18 bits per heavy atom. The molecule has 0 unspecified atom stereocenters. The third kappa shape index (κ3) is 4.72. The average molecular weight is 303 g/mol. The Labute approximate surface area is 129 Å². The Kier molecular flexibility index (Phi) is 6.18. The first-order valence-corrected chi connectivity index (χ1v) is 7.41. The summed E-state index contributed by atoms with van der Waals surface area (Å²) in [7, 11) is 0. The van der Waals surface area contributed by atoms with E-state index in [0.717, 1.165) is 37.5 Å². The summed E-state index contributed by atoms with van der Waals surface area (Å²) in [5, 5.41) is 12.3. The molecule has 118 valence electrons. The van der Waals surface area contributed by atoms with Gasteiger partial charge in [-0.05, 0) is 44.2 Å². The molecular formula is C17H21NO4. The maximum atomic E-state index is 11.0. The highest BCUT2D eigenvalue weighted by Gasteiger charge is 2.08. The highest BCUT2D eigenvalue weighted by atomic mass is 16.5. The Morgan fingerprint density at radius 1 is 1.32 bits per heavy atom. The summed E-state index contributed by atoms with van der Waals surface area (Å²) in [6.07, 6.45) is 0.960. The molecule has 0 aliphatic carbocycles. The normalized spacial score (nSPS) is 10.8. The number of furan rings is 1. The van der Waals surface area contributed by atoms with Crippen molar-refractivity contribution < 1.29 is 19.1 Å². The highest BCUT2D eigenvalue weighted by Crippen LogP contribution is 2.23. The van der Waals surface area contributed by atoms with Crippen molar-refractivity contribution >= 4 is 5.97 Å². The first-order valence-electron chi connectivity index (χ1n) is 7.41. The highest BCUT2D eigenvalue weighted by molar-refractivity contribution is 5.89. The van der Waals surface area contributed by atoms with Crippen LogP contribution in [0.25, 0.3) is 11.3 Å². The molecule has 0 saturated heterocycles. The number of benzene rings is 1. The Hall–Kier alpha value is -2.11. The number of rotatable bonds is 9. The number of nitrogens with one attached hydrogen (secondary N) is 1. The number of carbonyl (C=O) groups is 1. The maximum absolute atomic E-state index is 11.0. The van der Waals surface area contributed by atoms with E-state index in [-0.39, 0.29) is 5.56 Å². The van der Waals surface area contributed by atoms with E-state index in [1.165, 1.54) is 0 Å². The van der Waals surface area contributed by atoms with Crippen molar-refractivity contribution in [2.75, 3.05) is 19.8 Å². The van der Waals surface area contributed by atoms with Crippen LogP contribution < -0.4 is 5.32 Å². The van der Waals surface area contributed by atoms with Gasteiger partial charge < -0.3 is 19.6 Å². The van der Waals surface area contributed by atoms with Crippen LogP contribution in [0, 0.1) is 0 Å². The molecule has 22 heavy (non-hydrogen) atoms. The van der Waals surface area contributed by atoms with Gasteiger partial charge in [-0.25, -0.2) is 4.79 Å². The van der Waals surface area contributed by atoms with E-state index in [1.807, 2.05) is 25.1 Å². The van der Waals surface area contributed by atoms with E-state index in [1.54, 1.807) is 18.2 Å². The summed E-state index contributed by atoms with van der Waals surface area (Å²) in [5.41, 5.74) is 1.02. The third-order valence-electron chi connectivity index (χ3n) is 3.20. The van der Waals surface area contributed by atoms with Gasteiger partial charge in [-0.15, -0.1) is 0 Å². The molecule has 0 aliphatic heterocycles. The van der Waals surface area contributed by atoms with Crippen LogP contribution in [0.1, 0.15) is 29.5 Å². The summed E-state index contributed by atoms with van der Waals surface area (Å²) < 4.78 is 11.0. The average Bonchev–Trinajstić information content (AvgIpc) is 3.00. The Bertz CT molecular complexity index is 606. The summed E-state index contributed by atoms with van der Waals surface area (Å²) in [4.78, 5) is 11.0. The molecule has 0 fully saturated rings. The molecular weight excluding hydrogens is 282 g/mol. The minimum absolute atomic E-state index is 0.254. The lowest BCUT2D eigenvalue weighted by Gasteiger charge is -2.03. The second-order valence-corrected chi connectivity index (χ2v) is 4.88.